The number of pyridine rings is 1. The fraction of sp³-hybridized carbons (Fsp3) is 0.290. The van der Waals surface area contributed by atoms with Crippen molar-refractivity contribution in [3.63, 3.8) is 0 Å². The number of hydrogen-bond donors (Lipinski definition) is 1. The zero-order valence-electron chi connectivity index (χ0n) is 23.4. The molecule has 11 heteroatoms. The first-order chi connectivity index (χ1) is 20.2. The van der Waals surface area contributed by atoms with Crippen molar-refractivity contribution in [2.24, 2.45) is 5.73 Å². The predicted octanol–water partition coefficient (Wildman–Crippen LogP) is 4.89. The van der Waals surface area contributed by atoms with Crippen molar-refractivity contribution >= 4 is 35.0 Å². The molecule has 1 saturated heterocycles. The molecule has 6 rings (SSSR count). The number of aryl methyl sites for hydroxylation is 1. The van der Waals surface area contributed by atoms with Gasteiger partial charge in [0.1, 0.15) is 5.75 Å². The van der Waals surface area contributed by atoms with Crippen LogP contribution in [0.5, 0.6) is 5.75 Å². The predicted molar refractivity (Wildman–Crippen MR) is 163 cm³/mol. The van der Waals surface area contributed by atoms with Gasteiger partial charge in [-0.2, -0.15) is 5.10 Å². The van der Waals surface area contributed by atoms with E-state index < -0.39 is 5.91 Å². The summed E-state index contributed by atoms with van der Waals surface area (Å²) in [5, 5.41) is 5.87. The van der Waals surface area contributed by atoms with Crippen LogP contribution in [-0.2, 0) is 12.8 Å². The highest BCUT2D eigenvalue weighted by atomic mass is 35.5. The van der Waals surface area contributed by atoms with Crippen molar-refractivity contribution < 1.29 is 14.3 Å². The summed E-state index contributed by atoms with van der Waals surface area (Å²) < 4.78 is 7.55. The van der Waals surface area contributed by atoms with Crippen molar-refractivity contribution in [1.29, 1.82) is 0 Å². The Kier molecular flexibility index (Phi) is 7.66. The van der Waals surface area contributed by atoms with Crippen LogP contribution in [0.2, 0.25) is 10.0 Å². The number of primary amides is 1. The van der Waals surface area contributed by atoms with Gasteiger partial charge in [-0.1, -0.05) is 23.2 Å². The number of rotatable bonds is 5. The van der Waals surface area contributed by atoms with Crippen molar-refractivity contribution in [2.75, 3.05) is 40.3 Å². The molecule has 0 saturated carbocycles. The van der Waals surface area contributed by atoms with Gasteiger partial charge in [-0.15, -0.1) is 0 Å². The summed E-state index contributed by atoms with van der Waals surface area (Å²) in [5.74, 6) is -0.00576. The van der Waals surface area contributed by atoms with Crippen molar-refractivity contribution in [2.45, 2.75) is 19.3 Å². The molecule has 9 nitrogen and oxygen atoms in total. The third-order valence-electron chi connectivity index (χ3n) is 7.94. The molecule has 2 amide bonds. The SMILES string of the molecule is COc1cc2c(cc1-c1cncc(C(N)=O)c1)-c1c(c(C(=O)N3CCCN(C)CC3)nn1-c1cc(Cl)cc(Cl)c1)CC2. The van der Waals surface area contributed by atoms with E-state index in [9.17, 15) is 9.59 Å². The standard InChI is InChI=1S/C31H30Cl2N6O3/c1-37-6-3-7-38(9-8-37)31(41)28-24-5-4-18-11-27(42-2)25(19-10-20(30(34)40)17-35-16-19)15-26(18)29(24)39(36-28)23-13-21(32)12-22(33)14-23/h10-17H,3-9H2,1-2H3,(H2,34,40). The number of methoxy groups -OCH3 is 1. The normalized spacial score (nSPS) is 15.1. The van der Waals surface area contributed by atoms with E-state index in [0.29, 0.717) is 64.2 Å². The first kappa shape index (κ1) is 28.2. The summed E-state index contributed by atoms with van der Waals surface area (Å²) in [6.45, 7) is 3.07. The van der Waals surface area contributed by atoms with Gasteiger partial charge in [-0.05, 0) is 74.8 Å². The van der Waals surface area contributed by atoms with Crippen LogP contribution >= 0.6 is 23.2 Å². The molecule has 0 bridgehead atoms. The number of carbonyl (C=O) groups excluding carboxylic acids is 2. The number of likely N-dealkylation sites (N-methyl/N-ethyl adjacent to an activating group) is 1. The summed E-state index contributed by atoms with van der Waals surface area (Å²) in [7, 11) is 3.68. The van der Waals surface area contributed by atoms with Crippen LogP contribution in [0.3, 0.4) is 0 Å². The summed E-state index contributed by atoms with van der Waals surface area (Å²) in [6, 6.07) is 10.9. The summed E-state index contributed by atoms with van der Waals surface area (Å²) in [5.41, 5.74) is 12.0. The van der Waals surface area contributed by atoms with Gasteiger partial charge in [0.15, 0.2) is 5.69 Å². The topological polar surface area (TPSA) is 107 Å². The Balaban J connectivity index is 1.56. The Hall–Kier alpha value is -3.92. The van der Waals surface area contributed by atoms with Crippen LogP contribution in [-0.4, -0.2) is 76.7 Å². The van der Waals surface area contributed by atoms with Crippen molar-refractivity contribution in [1.82, 2.24) is 24.6 Å². The largest absolute Gasteiger partial charge is 0.496 e. The maximum atomic E-state index is 14.0. The van der Waals surface area contributed by atoms with Gasteiger partial charge in [0.2, 0.25) is 5.91 Å². The minimum atomic E-state index is -0.567. The Labute approximate surface area is 253 Å². The van der Waals surface area contributed by atoms with E-state index >= 15 is 0 Å². The Morgan fingerprint density at radius 2 is 1.71 bits per heavy atom. The lowest BCUT2D eigenvalue weighted by Gasteiger charge is -2.23. The van der Waals surface area contributed by atoms with E-state index in [1.54, 1.807) is 42.3 Å². The third kappa shape index (κ3) is 5.24. The number of benzene rings is 2. The van der Waals surface area contributed by atoms with E-state index in [-0.39, 0.29) is 5.91 Å². The highest BCUT2D eigenvalue weighted by molar-refractivity contribution is 6.34. The number of nitrogens with zero attached hydrogens (tertiary/aromatic N) is 5. The zero-order valence-corrected chi connectivity index (χ0v) is 24.9. The van der Waals surface area contributed by atoms with Gasteiger partial charge in [0, 0.05) is 64.3 Å². The zero-order chi connectivity index (χ0) is 29.5. The van der Waals surface area contributed by atoms with E-state index in [2.05, 4.69) is 16.9 Å². The summed E-state index contributed by atoms with van der Waals surface area (Å²) in [4.78, 5) is 34.3. The van der Waals surface area contributed by atoms with Crippen LogP contribution in [0, 0.1) is 0 Å². The molecule has 2 aliphatic rings. The Morgan fingerprint density at radius 1 is 0.929 bits per heavy atom. The van der Waals surface area contributed by atoms with Crippen molar-refractivity contribution in [3.05, 3.63) is 81.2 Å². The fourth-order valence-electron chi connectivity index (χ4n) is 5.81. The first-order valence-corrected chi connectivity index (χ1v) is 14.5. The van der Waals surface area contributed by atoms with Crippen LogP contribution in [0.15, 0.2) is 48.8 Å². The van der Waals surface area contributed by atoms with Gasteiger partial charge in [0.05, 0.1) is 24.1 Å². The second-order valence-corrected chi connectivity index (χ2v) is 11.6. The monoisotopic (exact) mass is 604 g/mol. The summed E-state index contributed by atoms with van der Waals surface area (Å²) >= 11 is 12.8. The molecule has 0 spiro atoms. The maximum absolute atomic E-state index is 14.0. The number of carbonyl (C=O) groups is 2. The van der Waals surface area contributed by atoms with Crippen LogP contribution in [0.1, 0.15) is 38.4 Å². The van der Waals surface area contributed by atoms with Crippen molar-refractivity contribution in [3.8, 4) is 33.8 Å². The molecule has 42 heavy (non-hydrogen) atoms. The molecule has 0 atom stereocenters. The molecule has 3 heterocycles. The number of hydrogen-bond acceptors (Lipinski definition) is 6. The average molecular weight is 606 g/mol. The smallest absolute Gasteiger partial charge is 0.274 e. The highest BCUT2D eigenvalue weighted by Crippen LogP contribution is 2.43. The van der Waals surface area contributed by atoms with Gasteiger partial charge in [0.25, 0.3) is 5.91 Å². The number of fused-ring (bicyclic) bond motifs is 3. The molecule has 0 unspecified atom stereocenters. The minimum absolute atomic E-state index is 0.0797. The molecule has 2 aromatic heterocycles. The van der Waals surface area contributed by atoms with Crippen LogP contribution in [0.4, 0.5) is 0 Å². The number of ether oxygens (including phenoxy) is 1. The fourth-order valence-corrected chi connectivity index (χ4v) is 6.32. The lowest BCUT2D eigenvalue weighted by Crippen LogP contribution is -2.35. The lowest BCUT2D eigenvalue weighted by atomic mass is 9.86. The minimum Gasteiger partial charge on any atom is -0.496 e. The second kappa shape index (κ2) is 11.4. The van der Waals surface area contributed by atoms with Gasteiger partial charge >= 0.3 is 0 Å². The molecule has 4 aromatic rings. The van der Waals surface area contributed by atoms with Gasteiger partial charge < -0.3 is 20.3 Å². The summed E-state index contributed by atoms with van der Waals surface area (Å²) in [6.07, 6.45) is 5.33. The molecule has 0 radical (unpaired) electrons. The van der Waals surface area contributed by atoms with Crippen LogP contribution in [0.25, 0.3) is 28.1 Å². The molecular formula is C31H30Cl2N6O3. The van der Waals surface area contributed by atoms with Gasteiger partial charge in [-0.25, -0.2) is 4.68 Å². The molecule has 216 valence electrons. The molecule has 1 aliphatic heterocycles. The number of halogens is 2. The second-order valence-electron chi connectivity index (χ2n) is 10.7. The first-order valence-electron chi connectivity index (χ1n) is 13.8. The number of nitrogens with two attached hydrogens (primary N) is 1. The number of amides is 2. The Bertz CT molecular complexity index is 1700. The lowest BCUT2D eigenvalue weighted by molar-refractivity contribution is 0.0755. The third-order valence-corrected chi connectivity index (χ3v) is 8.38. The van der Waals surface area contributed by atoms with E-state index in [1.807, 2.05) is 17.0 Å². The van der Waals surface area contributed by atoms with E-state index in [0.717, 1.165) is 47.5 Å². The quantitative estimate of drug-likeness (QED) is 0.347. The molecule has 1 aliphatic carbocycles. The average Bonchev–Trinajstić information content (AvgIpc) is 3.24. The highest BCUT2D eigenvalue weighted by Gasteiger charge is 2.32. The molecule has 2 N–H and O–H groups in total. The van der Waals surface area contributed by atoms with E-state index in [4.69, 9.17) is 38.8 Å². The maximum Gasteiger partial charge on any atom is 0.274 e. The molecule has 1 fully saturated rings. The van der Waals surface area contributed by atoms with Crippen LogP contribution < -0.4 is 10.5 Å². The molecule has 2 aromatic carbocycles. The Morgan fingerprint density at radius 3 is 2.45 bits per heavy atom. The number of aromatic nitrogens is 3. The van der Waals surface area contributed by atoms with Gasteiger partial charge in [-0.3, -0.25) is 14.6 Å². The van der Waals surface area contributed by atoms with E-state index in [1.165, 1.54) is 6.20 Å². The molecular weight excluding hydrogens is 575 g/mol.